The van der Waals surface area contributed by atoms with E-state index in [2.05, 4.69) is 20.5 Å². The number of rotatable bonds is 3. The zero-order valence-corrected chi connectivity index (χ0v) is 10.7. The number of nitrogens with zero attached hydrogens (tertiary/aromatic N) is 3. The second-order valence-corrected chi connectivity index (χ2v) is 4.84. The number of carbonyl (C=O) groups is 1. The summed E-state index contributed by atoms with van der Waals surface area (Å²) in [7, 11) is 0. The summed E-state index contributed by atoms with van der Waals surface area (Å²) in [6, 6.07) is 3.65. The van der Waals surface area contributed by atoms with Crippen LogP contribution in [-0.2, 0) is 0 Å². The van der Waals surface area contributed by atoms with E-state index in [1.807, 2.05) is 19.9 Å². The van der Waals surface area contributed by atoms with Gasteiger partial charge in [0.05, 0.1) is 5.56 Å². The fourth-order valence-corrected chi connectivity index (χ4v) is 2.02. The monoisotopic (exact) mass is 261 g/mol. The number of thiophene rings is 1. The molecule has 0 aliphatic heterocycles. The fraction of sp³-hybridized carbons (Fsp3) is 0.273. The third-order valence-electron chi connectivity index (χ3n) is 2.27. The Balaban J connectivity index is 2.15. The summed E-state index contributed by atoms with van der Waals surface area (Å²) >= 11 is 1.29. The van der Waals surface area contributed by atoms with Gasteiger partial charge in [0.15, 0.2) is 0 Å². The predicted molar refractivity (Wildman–Crippen MR) is 67.5 cm³/mol. The lowest BCUT2D eigenvalue weighted by atomic mass is 10.2. The predicted octanol–water partition coefficient (Wildman–Crippen LogP) is 2.11. The smallest absolute Gasteiger partial charge is 0.295 e. The molecular formula is C11H11N5OS. The van der Waals surface area contributed by atoms with Gasteiger partial charge in [-0.1, -0.05) is 13.8 Å². The van der Waals surface area contributed by atoms with E-state index in [9.17, 15) is 4.79 Å². The van der Waals surface area contributed by atoms with Gasteiger partial charge in [0.2, 0.25) is 5.82 Å². The number of amides is 1. The van der Waals surface area contributed by atoms with Crippen LogP contribution in [-0.4, -0.2) is 21.1 Å². The van der Waals surface area contributed by atoms with Gasteiger partial charge in [-0.25, -0.2) is 4.98 Å². The normalized spacial score (nSPS) is 10.3. The zero-order chi connectivity index (χ0) is 13.1. The van der Waals surface area contributed by atoms with Crippen LogP contribution < -0.4 is 5.32 Å². The Morgan fingerprint density at radius 2 is 2.39 bits per heavy atom. The van der Waals surface area contributed by atoms with Crippen molar-refractivity contribution in [2.24, 2.45) is 0 Å². The average Bonchev–Trinajstić information content (AvgIpc) is 2.96. The minimum Gasteiger partial charge on any atom is -0.310 e. The van der Waals surface area contributed by atoms with Crippen LogP contribution in [0.5, 0.6) is 0 Å². The molecular weight excluding hydrogens is 250 g/mol. The Morgan fingerprint density at radius 3 is 3.00 bits per heavy atom. The van der Waals surface area contributed by atoms with Crippen LogP contribution in [0.4, 0.5) is 5.00 Å². The summed E-state index contributed by atoms with van der Waals surface area (Å²) < 4.78 is 0. The molecule has 0 aromatic carbocycles. The van der Waals surface area contributed by atoms with Crippen LogP contribution >= 0.6 is 11.3 Å². The number of hydrogen-bond donors (Lipinski definition) is 2. The molecule has 0 fully saturated rings. The summed E-state index contributed by atoms with van der Waals surface area (Å²) in [5.74, 6) is 0.496. The van der Waals surface area contributed by atoms with E-state index in [0.29, 0.717) is 16.4 Å². The first-order valence-corrected chi connectivity index (χ1v) is 6.21. The van der Waals surface area contributed by atoms with Crippen molar-refractivity contribution >= 4 is 22.2 Å². The second kappa shape index (κ2) is 4.98. The van der Waals surface area contributed by atoms with Crippen LogP contribution in [0.2, 0.25) is 0 Å². The van der Waals surface area contributed by atoms with Gasteiger partial charge in [-0.05, 0) is 11.4 Å². The van der Waals surface area contributed by atoms with E-state index < -0.39 is 5.91 Å². The van der Waals surface area contributed by atoms with Gasteiger partial charge in [0.25, 0.3) is 5.91 Å². The lowest BCUT2D eigenvalue weighted by Crippen LogP contribution is -2.13. The van der Waals surface area contributed by atoms with Gasteiger partial charge in [-0.2, -0.15) is 5.26 Å². The SMILES string of the molecule is CC(C)c1nc(C(=O)Nc2sccc2C#N)n[nH]1. The molecule has 0 radical (unpaired) electrons. The van der Waals surface area contributed by atoms with Gasteiger partial charge in [0, 0.05) is 5.92 Å². The summed E-state index contributed by atoms with van der Waals surface area (Å²) in [5.41, 5.74) is 0.438. The number of aromatic amines is 1. The molecule has 7 heteroatoms. The van der Waals surface area contributed by atoms with Crippen LogP contribution in [0.3, 0.4) is 0 Å². The third kappa shape index (κ3) is 2.38. The number of nitrogens with one attached hydrogen (secondary N) is 2. The maximum absolute atomic E-state index is 11.9. The average molecular weight is 261 g/mol. The largest absolute Gasteiger partial charge is 0.310 e. The molecule has 18 heavy (non-hydrogen) atoms. The molecule has 2 rings (SSSR count). The highest BCUT2D eigenvalue weighted by Gasteiger charge is 2.16. The van der Waals surface area contributed by atoms with Crippen molar-refractivity contribution in [2.75, 3.05) is 5.32 Å². The lowest BCUT2D eigenvalue weighted by molar-refractivity contribution is 0.101. The third-order valence-corrected chi connectivity index (χ3v) is 3.10. The van der Waals surface area contributed by atoms with Crippen molar-refractivity contribution in [2.45, 2.75) is 19.8 Å². The van der Waals surface area contributed by atoms with Gasteiger partial charge < -0.3 is 5.32 Å². The van der Waals surface area contributed by atoms with E-state index >= 15 is 0 Å². The summed E-state index contributed by atoms with van der Waals surface area (Å²) in [6.07, 6.45) is 0. The van der Waals surface area contributed by atoms with Crippen molar-refractivity contribution in [3.8, 4) is 6.07 Å². The molecule has 0 unspecified atom stereocenters. The number of hydrogen-bond acceptors (Lipinski definition) is 5. The van der Waals surface area contributed by atoms with E-state index in [4.69, 9.17) is 5.26 Å². The van der Waals surface area contributed by atoms with E-state index in [1.54, 1.807) is 11.4 Å². The number of aromatic nitrogens is 3. The Morgan fingerprint density at radius 1 is 1.61 bits per heavy atom. The minimum atomic E-state index is -0.419. The van der Waals surface area contributed by atoms with Crippen LogP contribution in [0.15, 0.2) is 11.4 Å². The van der Waals surface area contributed by atoms with Crippen LogP contribution in [0.1, 0.15) is 41.8 Å². The van der Waals surface area contributed by atoms with Crippen LogP contribution in [0.25, 0.3) is 0 Å². The summed E-state index contributed by atoms with van der Waals surface area (Å²) in [5, 5.41) is 20.3. The zero-order valence-electron chi connectivity index (χ0n) is 9.89. The number of nitriles is 1. The fourth-order valence-electron chi connectivity index (χ4n) is 1.29. The topological polar surface area (TPSA) is 94.5 Å². The van der Waals surface area contributed by atoms with Gasteiger partial charge in [0.1, 0.15) is 16.9 Å². The Labute approximate surface area is 108 Å². The molecule has 0 atom stereocenters. The van der Waals surface area contributed by atoms with Crippen molar-refractivity contribution < 1.29 is 4.79 Å². The Hall–Kier alpha value is -2.20. The van der Waals surface area contributed by atoms with Crippen molar-refractivity contribution in [3.05, 3.63) is 28.7 Å². The standard InChI is InChI=1S/C11H11N5OS/c1-6(2)8-13-9(16-15-8)10(17)14-11-7(5-12)3-4-18-11/h3-4,6H,1-2H3,(H,14,17)(H,13,15,16). The van der Waals surface area contributed by atoms with Crippen molar-refractivity contribution in [3.63, 3.8) is 0 Å². The molecule has 2 aromatic heterocycles. The molecule has 0 spiro atoms. The first kappa shape index (κ1) is 12.3. The highest BCUT2D eigenvalue weighted by molar-refractivity contribution is 7.14. The minimum absolute atomic E-state index is 0.0796. The maximum atomic E-state index is 11.9. The van der Waals surface area contributed by atoms with E-state index in [-0.39, 0.29) is 11.7 Å². The first-order valence-electron chi connectivity index (χ1n) is 5.33. The molecule has 2 heterocycles. The molecule has 2 N–H and O–H groups in total. The first-order chi connectivity index (χ1) is 8.61. The van der Waals surface area contributed by atoms with E-state index in [0.717, 1.165) is 0 Å². The molecule has 0 bridgehead atoms. The molecule has 0 saturated heterocycles. The molecule has 92 valence electrons. The summed E-state index contributed by atoms with van der Waals surface area (Å²) in [6.45, 7) is 3.91. The van der Waals surface area contributed by atoms with Crippen molar-refractivity contribution in [1.29, 1.82) is 5.26 Å². The highest BCUT2D eigenvalue weighted by atomic mass is 32.1. The maximum Gasteiger partial charge on any atom is 0.295 e. The molecule has 0 saturated carbocycles. The molecule has 0 aliphatic carbocycles. The molecule has 0 aliphatic rings. The molecule has 6 nitrogen and oxygen atoms in total. The molecule has 2 aromatic rings. The highest BCUT2D eigenvalue weighted by Crippen LogP contribution is 2.22. The lowest BCUT2D eigenvalue weighted by Gasteiger charge is -1.99. The number of anilines is 1. The second-order valence-electron chi connectivity index (χ2n) is 3.93. The number of H-pyrrole nitrogens is 1. The van der Waals surface area contributed by atoms with Gasteiger partial charge >= 0.3 is 0 Å². The Bertz CT molecular complexity index is 607. The van der Waals surface area contributed by atoms with E-state index in [1.165, 1.54) is 11.3 Å². The van der Waals surface area contributed by atoms with Crippen LogP contribution in [0, 0.1) is 11.3 Å². The quantitative estimate of drug-likeness (QED) is 0.884. The van der Waals surface area contributed by atoms with Gasteiger partial charge in [-0.15, -0.1) is 16.4 Å². The van der Waals surface area contributed by atoms with Gasteiger partial charge in [-0.3, -0.25) is 9.89 Å². The summed E-state index contributed by atoms with van der Waals surface area (Å²) in [4.78, 5) is 15.9. The Kier molecular flexibility index (Phi) is 3.39. The molecule has 1 amide bonds. The number of carbonyl (C=O) groups excluding carboxylic acids is 1. The van der Waals surface area contributed by atoms with Crippen molar-refractivity contribution in [1.82, 2.24) is 15.2 Å².